The third-order valence-electron chi connectivity index (χ3n) is 2.91. The van der Waals surface area contributed by atoms with E-state index in [4.69, 9.17) is 17.3 Å². The molecule has 20 heavy (non-hydrogen) atoms. The molecule has 0 aromatic carbocycles. The summed E-state index contributed by atoms with van der Waals surface area (Å²) in [5, 5.41) is 6.52. The maximum absolute atomic E-state index is 11.7. The monoisotopic (exact) mass is 290 g/mol. The largest absolute Gasteiger partial charge is 0.369 e. The zero-order chi connectivity index (χ0) is 14.4. The van der Waals surface area contributed by atoms with Gasteiger partial charge in [-0.15, -0.1) is 0 Å². The molecular weight excluding hydrogens is 280 g/mol. The first-order chi connectivity index (χ1) is 9.47. The van der Waals surface area contributed by atoms with E-state index in [9.17, 15) is 4.79 Å². The number of nitrogens with one attached hydrogen (secondary N) is 1. The van der Waals surface area contributed by atoms with Gasteiger partial charge in [-0.2, -0.15) is 5.10 Å². The third kappa shape index (κ3) is 1.83. The van der Waals surface area contributed by atoms with Gasteiger partial charge in [0.25, 0.3) is 0 Å². The predicted octanol–water partition coefficient (Wildman–Crippen LogP) is 1.33. The van der Waals surface area contributed by atoms with Gasteiger partial charge in [-0.1, -0.05) is 11.6 Å². The lowest BCUT2D eigenvalue weighted by Gasteiger charge is -2.08. The van der Waals surface area contributed by atoms with E-state index < -0.39 is 5.69 Å². The summed E-state index contributed by atoms with van der Waals surface area (Å²) in [4.78, 5) is 20.0. The topological polar surface area (TPSA) is 102 Å². The lowest BCUT2D eigenvalue weighted by atomic mass is 10.1. The van der Waals surface area contributed by atoms with Crippen molar-refractivity contribution >= 4 is 23.2 Å². The Hall–Kier alpha value is -2.41. The number of hydrogen-bond acceptors (Lipinski definition) is 5. The average Bonchev–Trinajstić information content (AvgIpc) is 2.70. The van der Waals surface area contributed by atoms with E-state index in [2.05, 4.69) is 20.2 Å². The number of hydrogen-bond donors (Lipinski definition) is 2. The van der Waals surface area contributed by atoms with Gasteiger partial charge in [-0.05, 0) is 31.5 Å². The fraction of sp³-hybridized carbons (Fsp3) is 0.167. The van der Waals surface area contributed by atoms with E-state index in [-0.39, 0.29) is 11.1 Å². The number of nitrogens with zero attached hydrogens (tertiary/aromatic N) is 4. The third-order valence-corrected chi connectivity index (χ3v) is 3.19. The van der Waals surface area contributed by atoms with E-state index in [1.807, 2.05) is 26.0 Å². The van der Waals surface area contributed by atoms with Crippen LogP contribution < -0.4 is 11.4 Å². The van der Waals surface area contributed by atoms with E-state index in [1.54, 1.807) is 0 Å². The van der Waals surface area contributed by atoms with Crippen molar-refractivity contribution < 1.29 is 0 Å². The molecule has 0 aliphatic carbocycles. The summed E-state index contributed by atoms with van der Waals surface area (Å²) in [5.41, 5.74) is 8.61. The number of anilines is 1. The molecular formula is C12H11ClN6O. The van der Waals surface area contributed by atoms with E-state index >= 15 is 0 Å². The molecule has 3 rings (SSSR count). The molecule has 0 radical (unpaired) electrons. The Kier molecular flexibility index (Phi) is 2.72. The molecule has 0 saturated heterocycles. The van der Waals surface area contributed by atoms with Crippen LogP contribution in [0.15, 0.2) is 16.9 Å². The molecule has 3 heterocycles. The van der Waals surface area contributed by atoms with Crippen LogP contribution in [0.5, 0.6) is 0 Å². The highest BCUT2D eigenvalue weighted by Gasteiger charge is 2.17. The average molecular weight is 291 g/mol. The van der Waals surface area contributed by atoms with Gasteiger partial charge in [0.15, 0.2) is 5.65 Å². The van der Waals surface area contributed by atoms with Gasteiger partial charge in [-0.25, -0.2) is 19.3 Å². The summed E-state index contributed by atoms with van der Waals surface area (Å²) >= 11 is 6.18. The molecule has 0 amide bonds. The van der Waals surface area contributed by atoms with Crippen molar-refractivity contribution in [1.29, 1.82) is 0 Å². The zero-order valence-corrected chi connectivity index (χ0v) is 11.6. The smallest absolute Gasteiger partial charge is 0.350 e. The number of halogens is 1. The van der Waals surface area contributed by atoms with Crippen LogP contribution in [0.25, 0.3) is 16.8 Å². The van der Waals surface area contributed by atoms with Gasteiger partial charge in [0.2, 0.25) is 5.95 Å². The number of H-pyrrole nitrogens is 1. The molecule has 8 heteroatoms. The number of aromatic nitrogens is 5. The normalized spacial score (nSPS) is 11.2. The van der Waals surface area contributed by atoms with Crippen molar-refractivity contribution in [1.82, 2.24) is 24.6 Å². The van der Waals surface area contributed by atoms with Gasteiger partial charge in [0.05, 0.1) is 5.56 Å². The molecule has 0 bridgehead atoms. The first-order valence-electron chi connectivity index (χ1n) is 5.85. The summed E-state index contributed by atoms with van der Waals surface area (Å²) in [7, 11) is 0. The maximum Gasteiger partial charge on any atom is 0.350 e. The lowest BCUT2D eigenvalue weighted by Crippen LogP contribution is -2.15. The minimum atomic E-state index is -0.453. The lowest BCUT2D eigenvalue weighted by molar-refractivity contribution is 1.01. The van der Waals surface area contributed by atoms with Crippen LogP contribution in [-0.2, 0) is 0 Å². The van der Waals surface area contributed by atoms with Crippen molar-refractivity contribution in [2.45, 2.75) is 13.8 Å². The number of aromatic amines is 1. The van der Waals surface area contributed by atoms with Crippen LogP contribution in [-0.4, -0.2) is 24.6 Å². The van der Waals surface area contributed by atoms with E-state index in [0.29, 0.717) is 11.2 Å². The second-order valence-corrected chi connectivity index (χ2v) is 4.82. The van der Waals surface area contributed by atoms with Gasteiger partial charge in [-0.3, -0.25) is 4.98 Å². The molecule has 0 saturated carbocycles. The molecule has 0 unspecified atom stereocenters. The van der Waals surface area contributed by atoms with E-state index in [1.165, 1.54) is 4.40 Å². The molecule has 3 N–H and O–H groups in total. The Balaban J connectivity index is 2.44. The summed E-state index contributed by atoms with van der Waals surface area (Å²) in [5.74, 6) is -0.00463. The van der Waals surface area contributed by atoms with Crippen LogP contribution in [0.3, 0.4) is 0 Å². The highest BCUT2D eigenvalue weighted by Crippen LogP contribution is 2.31. The van der Waals surface area contributed by atoms with Crippen molar-refractivity contribution in [3.8, 4) is 11.1 Å². The van der Waals surface area contributed by atoms with Crippen molar-refractivity contribution in [2.75, 3.05) is 5.73 Å². The summed E-state index contributed by atoms with van der Waals surface area (Å²) in [6.07, 6.45) is 0. The quantitative estimate of drug-likeness (QED) is 0.658. The Morgan fingerprint density at radius 2 is 1.90 bits per heavy atom. The molecule has 0 spiro atoms. The van der Waals surface area contributed by atoms with Gasteiger partial charge in [0, 0.05) is 11.4 Å². The van der Waals surface area contributed by atoms with Gasteiger partial charge >= 0.3 is 5.69 Å². The standard InChI is InChI=1S/C12H11ClN6O/c1-5-3-7(4-6(2)15-5)8-9(13)16-11(14)19-10(8)17-18-12(19)20/h3-4H,1-2H3,(H2,14,16)(H,18,20). The second kappa shape index (κ2) is 4.31. The first-order valence-corrected chi connectivity index (χ1v) is 6.23. The Labute approximate surface area is 118 Å². The summed E-state index contributed by atoms with van der Waals surface area (Å²) in [6.45, 7) is 3.76. The molecule has 102 valence electrons. The number of nitrogen functional groups attached to an aromatic ring is 1. The molecule has 0 fully saturated rings. The number of nitrogens with two attached hydrogens (primary N) is 1. The first kappa shape index (κ1) is 12.6. The highest BCUT2D eigenvalue weighted by molar-refractivity contribution is 6.33. The Morgan fingerprint density at radius 3 is 2.55 bits per heavy atom. The van der Waals surface area contributed by atoms with Crippen LogP contribution in [0.1, 0.15) is 11.4 Å². The molecule has 3 aromatic heterocycles. The fourth-order valence-electron chi connectivity index (χ4n) is 2.20. The van der Waals surface area contributed by atoms with Crippen molar-refractivity contribution in [2.24, 2.45) is 0 Å². The summed E-state index contributed by atoms with van der Waals surface area (Å²) < 4.78 is 1.19. The number of aryl methyl sites for hydroxylation is 2. The molecule has 7 nitrogen and oxygen atoms in total. The predicted molar refractivity (Wildman–Crippen MR) is 75.7 cm³/mol. The summed E-state index contributed by atoms with van der Waals surface area (Å²) in [6, 6.07) is 3.70. The SMILES string of the molecule is Cc1cc(-c2c(Cl)nc(N)n3c(=O)[nH]nc23)cc(C)n1. The van der Waals surface area contributed by atoms with Gasteiger partial charge in [0.1, 0.15) is 5.15 Å². The number of fused-ring (bicyclic) bond motifs is 1. The van der Waals surface area contributed by atoms with Gasteiger partial charge < -0.3 is 5.73 Å². The fourth-order valence-corrected chi connectivity index (χ4v) is 2.48. The van der Waals surface area contributed by atoms with E-state index in [0.717, 1.165) is 17.0 Å². The van der Waals surface area contributed by atoms with Crippen molar-refractivity contribution in [3.63, 3.8) is 0 Å². The second-order valence-electron chi connectivity index (χ2n) is 4.46. The Morgan fingerprint density at radius 1 is 1.25 bits per heavy atom. The minimum absolute atomic E-state index is 0.00463. The zero-order valence-electron chi connectivity index (χ0n) is 10.8. The number of rotatable bonds is 1. The molecule has 0 aliphatic heterocycles. The van der Waals surface area contributed by atoms with Crippen LogP contribution in [0, 0.1) is 13.8 Å². The number of pyridine rings is 1. The minimum Gasteiger partial charge on any atom is -0.369 e. The van der Waals surface area contributed by atoms with Crippen LogP contribution in [0.2, 0.25) is 5.15 Å². The highest BCUT2D eigenvalue weighted by atomic mass is 35.5. The van der Waals surface area contributed by atoms with Crippen LogP contribution in [0.4, 0.5) is 5.95 Å². The molecule has 3 aromatic rings. The maximum atomic E-state index is 11.7. The molecule has 0 aliphatic rings. The molecule has 0 atom stereocenters. The Bertz CT molecular complexity index is 861. The van der Waals surface area contributed by atoms with Crippen LogP contribution >= 0.6 is 11.6 Å². The van der Waals surface area contributed by atoms with Crippen molar-refractivity contribution in [3.05, 3.63) is 39.2 Å².